The van der Waals surface area contributed by atoms with Gasteiger partial charge in [0.25, 0.3) is 0 Å². The van der Waals surface area contributed by atoms with Gasteiger partial charge in [-0.2, -0.15) is 5.26 Å². The molecule has 0 atom stereocenters. The number of nitriles is 1. The summed E-state index contributed by atoms with van der Waals surface area (Å²) in [5.41, 5.74) is 0.718. The quantitative estimate of drug-likeness (QED) is 0.760. The summed E-state index contributed by atoms with van der Waals surface area (Å²) >= 11 is 11.8. The minimum Gasteiger partial charge on any atom is -0.495 e. The molecule has 0 aliphatic rings. The third-order valence-electron chi connectivity index (χ3n) is 1.62. The predicted octanol–water partition coefficient (Wildman–Crippen LogP) is 3.07. The van der Waals surface area contributed by atoms with Gasteiger partial charge in [0.05, 0.1) is 24.6 Å². The minimum atomic E-state index is 0.253. The molecule has 0 heterocycles. The fourth-order valence-electron chi connectivity index (χ4n) is 0.951. The van der Waals surface area contributed by atoms with E-state index in [0.29, 0.717) is 15.8 Å². The molecule has 68 valence electrons. The summed E-state index contributed by atoms with van der Waals surface area (Å²) in [5.74, 6) is 0.522. The predicted molar refractivity (Wildman–Crippen MR) is 52.3 cm³/mol. The van der Waals surface area contributed by atoms with Gasteiger partial charge in [-0.3, -0.25) is 0 Å². The number of hydrogen-bond donors (Lipinski definition) is 0. The van der Waals surface area contributed by atoms with Crippen LogP contribution in [0.3, 0.4) is 0 Å². The summed E-state index contributed by atoms with van der Waals surface area (Å²) < 4.78 is 4.96. The third kappa shape index (κ3) is 2.06. The number of ether oxygens (including phenoxy) is 1. The number of halogens is 2. The van der Waals surface area contributed by atoms with Crippen molar-refractivity contribution in [2.24, 2.45) is 0 Å². The lowest BCUT2D eigenvalue weighted by molar-refractivity contribution is 0.415. The van der Waals surface area contributed by atoms with Gasteiger partial charge in [0.1, 0.15) is 10.8 Å². The highest BCUT2D eigenvalue weighted by atomic mass is 35.5. The van der Waals surface area contributed by atoms with Crippen LogP contribution in [0.15, 0.2) is 12.1 Å². The topological polar surface area (TPSA) is 33.0 Å². The van der Waals surface area contributed by atoms with Crippen molar-refractivity contribution >= 4 is 23.2 Å². The van der Waals surface area contributed by atoms with Crippen LogP contribution >= 0.6 is 23.2 Å². The summed E-state index contributed by atoms with van der Waals surface area (Å²) in [7, 11) is 1.52. The molecule has 2 nitrogen and oxygen atoms in total. The van der Waals surface area contributed by atoms with Crippen molar-refractivity contribution in [2.75, 3.05) is 7.11 Å². The Balaban J connectivity index is 3.17. The molecule has 0 saturated heterocycles. The van der Waals surface area contributed by atoms with Crippen LogP contribution in [-0.4, -0.2) is 7.11 Å². The molecule has 0 aliphatic heterocycles. The summed E-state index contributed by atoms with van der Waals surface area (Å²) in [6.07, 6.45) is 0.253. The van der Waals surface area contributed by atoms with E-state index in [2.05, 4.69) is 0 Å². The number of methoxy groups -OCH3 is 1. The zero-order chi connectivity index (χ0) is 9.84. The van der Waals surface area contributed by atoms with Crippen molar-refractivity contribution in [1.82, 2.24) is 0 Å². The smallest absolute Gasteiger partial charge is 0.138 e. The van der Waals surface area contributed by atoms with Crippen molar-refractivity contribution < 1.29 is 4.74 Å². The van der Waals surface area contributed by atoms with Crippen molar-refractivity contribution in [3.05, 3.63) is 27.7 Å². The zero-order valence-electron chi connectivity index (χ0n) is 6.97. The van der Waals surface area contributed by atoms with E-state index < -0.39 is 0 Å². The minimum absolute atomic E-state index is 0.253. The van der Waals surface area contributed by atoms with Crippen LogP contribution < -0.4 is 4.74 Å². The number of hydrogen-bond acceptors (Lipinski definition) is 2. The molecule has 1 aromatic carbocycles. The summed E-state index contributed by atoms with van der Waals surface area (Å²) in [6, 6.07) is 5.43. The van der Waals surface area contributed by atoms with E-state index in [4.69, 9.17) is 33.2 Å². The summed E-state index contributed by atoms with van der Waals surface area (Å²) in [5, 5.41) is 9.23. The normalized spacial score (nSPS) is 9.38. The second kappa shape index (κ2) is 4.36. The Hall–Kier alpha value is -0.910. The van der Waals surface area contributed by atoms with Crippen LogP contribution in [0.4, 0.5) is 0 Å². The first kappa shape index (κ1) is 10.2. The fourth-order valence-corrected chi connectivity index (χ4v) is 1.44. The standard InChI is InChI=1S/C9H7Cl2NO/c1-13-7-3-2-6(4-5-12)8(10)9(7)11/h2-3H,4H2,1H3. The molecular weight excluding hydrogens is 209 g/mol. The van der Waals surface area contributed by atoms with E-state index in [9.17, 15) is 0 Å². The molecule has 0 radical (unpaired) electrons. The molecule has 1 aromatic rings. The molecule has 0 N–H and O–H groups in total. The lowest BCUT2D eigenvalue weighted by Crippen LogP contribution is -1.89. The van der Waals surface area contributed by atoms with Gasteiger partial charge in [0, 0.05) is 0 Å². The highest BCUT2D eigenvalue weighted by molar-refractivity contribution is 6.43. The van der Waals surface area contributed by atoms with E-state index in [1.807, 2.05) is 6.07 Å². The molecule has 0 fully saturated rings. The van der Waals surface area contributed by atoms with Crippen molar-refractivity contribution in [1.29, 1.82) is 5.26 Å². The first-order valence-electron chi connectivity index (χ1n) is 3.58. The molecule has 1 rings (SSSR count). The molecule has 0 aromatic heterocycles. The first-order valence-corrected chi connectivity index (χ1v) is 4.34. The zero-order valence-corrected chi connectivity index (χ0v) is 8.49. The molecular formula is C9H7Cl2NO. The molecule has 0 unspecified atom stereocenters. The van der Waals surface area contributed by atoms with Gasteiger partial charge in [-0.15, -0.1) is 0 Å². The molecule has 4 heteroatoms. The van der Waals surface area contributed by atoms with Crippen LogP contribution in [0, 0.1) is 11.3 Å². The second-order valence-corrected chi connectivity index (χ2v) is 3.15. The van der Waals surface area contributed by atoms with Crippen LogP contribution in [0.2, 0.25) is 10.0 Å². The van der Waals surface area contributed by atoms with E-state index in [-0.39, 0.29) is 6.42 Å². The Morgan fingerprint density at radius 2 is 2.08 bits per heavy atom. The Morgan fingerprint density at radius 3 is 2.62 bits per heavy atom. The highest BCUT2D eigenvalue weighted by Gasteiger charge is 2.09. The van der Waals surface area contributed by atoms with Gasteiger partial charge in [0.15, 0.2) is 0 Å². The van der Waals surface area contributed by atoms with Crippen LogP contribution in [0.25, 0.3) is 0 Å². The van der Waals surface area contributed by atoms with Crippen molar-refractivity contribution in [3.8, 4) is 11.8 Å². The number of rotatable bonds is 2. The lowest BCUT2D eigenvalue weighted by Gasteiger charge is -2.06. The maximum absolute atomic E-state index is 8.48. The first-order chi connectivity index (χ1) is 6.20. The van der Waals surface area contributed by atoms with E-state index in [0.717, 1.165) is 5.56 Å². The summed E-state index contributed by atoms with van der Waals surface area (Å²) in [6.45, 7) is 0. The molecule has 13 heavy (non-hydrogen) atoms. The van der Waals surface area contributed by atoms with E-state index in [1.54, 1.807) is 12.1 Å². The Labute approximate surface area is 86.6 Å². The highest BCUT2D eigenvalue weighted by Crippen LogP contribution is 2.34. The molecule has 0 spiro atoms. The Bertz CT molecular complexity index is 357. The number of benzene rings is 1. The summed E-state index contributed by atoms with van der Waals surface area (Å²) in [4.78, 5) is 0. The third-order valence-corrected chi connectivity index (χ3v) is 2.52. The lowest BCUT2D eigenvalue weighted by atomic mass is 10.1. The SMILES string of the molecule is COc1ccc(CC#N)c(Cl)c1Cl. The second-order valence-electron chi connectivity index (χ2n) is 2.39. The molecule has 0 amide bonds. The molecule has 0 saturated carbocycles. The van der Waals surface area contributed by atoms with Crippen molar-refractivity contribution in [3.63, 3.8) is 0 Å². The van der Waals surface area contributed by atoms with Crippen molar-refractivity contribution in [2.45, 2.75) is 6.42 Å². The Kier molecular flexibility index (Phi) is 3.41. The van der Waals surface area contributed by atoms with E-state index >= 15 is 0 Å². The average molecular weight is 216 g/mol. The number of nitrogens with zero attached hydrogens (tertiary/aromatic N) is 1. The van der Waals surface area contributed by atoms with Gasteiger partial charge in [-0.25, -0.2) is 0 Å². The average Bonchev–Trinajstić information content (AvgIpc) is 2.14. The van der Waals surface area contributed by atoms with E-state index in [1.165, 1.54) is 7.11 Å². The maximum atomic E-state index is 8.48. The van der Waals surface area contributed by atoms with Crippen LogP contribution in [0.5, 0.6) is 5.75 Å². The van der Waals surface area contributed by atoms with Gasteiger partial charge >= 0.3 is 0 Å². The fraction of sp³-hybridized carbons (Fsp3) is 0.222. The molecule has 0 aliphatic carbocycles. The van der Waals surface area contributed by atoms with Gasteiger partial charge < -0.3 is 4.74 Å². The van der Waals surface area contributed by atoms with Crippen LogP contribution in [-0.2, 0) is 6.42 Å². The Morgan fingerprint density at radius 1 is 1.38 bits per heavy atom. The van der Waals surface area contributed by atoms with Gasteiger partial charge in [0.2, 0.25) is 0 Å². The largest absolute Gasteiger partial charge is 0.495 e. The monoisotopic (exact) mass is 215 g/mol. The van der Waals surface area contributed by atoms with Gasteiger partial charge in [-0.1, -0.05) is 29.3 Å². The maximum Gasteiger partial charge on any atom is 0.138 e. The van der Waals surface area contributed by atoms with Gasteiger partial charge in [-0.05, 0) is 11.6 Å². The molecule has 0 bridgehead atoms. The van der Waals surface area contributed by atoms with Crippen LogP contribution in [0.1, 0.15) is 5.56 Å².